The molecule has 0 spiro atoms. The molecule has 1 aliphatic heterocycles. The van der Waals surface area contributed by atoms with Crippen molar-refractivity contribution in [1.82, 2.24) is 20.3 Å². The average molecular weight is 304 g/mol. The first kappa shape index (κ1) is 12.8. The molecule has 0 aromatic carbocycles. The number of aromatic nitrogens is 3. The van der Waals surface area contributed by atoms with Crippen molar-refractivity contribution in [3.05, 3.63) is 47.4 Å². The van der Waals surface area contributed by atoms with E-state index in [9.17, 15) is 4.79 Å². The molecule has 5 rings (SSSR count). The van der Waals surface area contributed by atoms with Gasteiger partial charge in [-0.25, -0.2) is 0 Å². The summed E-state index contributed by atoms with van der Waals surface area (Å²) in [7, 11) is 0. The van der Waals surface area contributed by atoms with Gasteiger partial charge >= 0.3 is 0 Å². The van der Waals surface area contributed by atoms with Gasteiger partial charge in [0.15, 0.2) is 0 Å². The van der Waals surface area contributed by atoms with Crippen molar-refractivity contribution < 1.29 is 4.79 Å². The summed E-state index contributed by atoms with van der Waals surface area (Å²) in [6.07, 6.45) is 5.09. The Kier molecular flexibility index (Phi) is 2.59. The van der Waals surface area contributed by atoms with E-state index >= 15 is 0 Å². The molecule has 2 N–H and O–H groups in total. The molecule has 0 atom stereocenters. The smallest absolute Gasteiger partial charge is 0.253 e. The van der Waals surface area contributed by atoms with Gasteiger partial charge in [0, 0.05) is 47.7 Å². The molecule has 3 aromatic heterocycles. The Bertz CT molecular complexity index is 939. The van der Waals surface area contributed by atoms with Crippen LogP contribution in [0, 0.1) is 0 Å². The van der Waals surface area contributed by atoms with Crippen molar-refractivity contribution >= 4 is 16.9 Å². The summed E-state index contributed by atoms with van der Waals surface area (Å²) in [5.74, 6) is 0.605. The maximum absolute atomic E-state index is 12.0. The molecule has 4 heterocycles. The van der Waals surface area contributed by atoms with Crippen LogP contribution < -0.4 is 5.32 Å². The van der Waals surface area contributed by atoms with E-state index < -0.39 is 0 Å². The Morgan fingerprint density at radius 3 is 2.87 bits per heavy atom. The molecule has 0 radical (unpaired) electrons. The fourth-order valence-corrected chi connectivity index (χ4v) is 3.30. The van der Waals surface area contributed by atoms with E-state index in [1.807, 2.05) is 12.1 Å². The minimum Gasteiger partial charge on any atom is -0.358 e. The third-order valence-corrected chi connectivity index (χ3v) is 4.70. The number of carbonyl (C=O) groups is 1. The number of hydrogen-bond donors (Lipinski definition) is 2. The summed E-state index contributed by atoms with van der Waals surface area (Å²) >= 11 is 0. The largest absolute Gasteiger partial charge is 0.358 e. The molecule has 1 fully saturated rings. The summed E-state index contributed by atoms with van der Waals surface area (Å²) in [5, 5.41) is 2.89. The maximum atomic E-state index is 12.0. The zero-order valence-corrected chi connectivity index (χ0v) is 12.6. The summed E-state index contributed by atoms with van der Waals surface area (Å²) < 4.78 is 0. The van der Waals surface area contributed by atoms with Gasteiger partial charge in [0.25, 0.3) is 5.91 Å². The van der Waals surface area contributed by atoms with Gasteiger partial charge in [0.2, 0.25) is 0 Å². The van der Waals surface area contributed by atoms with E-state index in [2.05, 4.69) is 27.4 Å². The quantitative estimate of drug-likeness (QED) is 0.765. The monoisotopic (exact) mass is 304 g/mol. The Morgan fingerprint density at radius 2 is 2.04 bits per heavy atom. The lowest BCUT2D eigenvalue weighted by atomic mass is 10.1. The fraction of sp³-hybridized carbons (Fsp3) is 0.278. The van der Waals surface area contributed by atoms with Crippen LogP contribution in [0.1, 0.15) is 40.5 Å². The van der Waals surface area contributed by atoms with Crippen molar-refractivity contribution in [3.8, 4) is 11.3 Å². The van der Waals surface area contributed by atoms with E-state index in [1.54, 1.807) is 6.20 Å². The third kappa shape index (κ3) is 2.04. The summed E-state index contributed by atoms with van der Waals surface area (Å²) in [5.41, 5.74) is 6.67. The second-order valence-electron chi connectivity index (χ2n) is 6.32. The highest BCUT2D eigenvalue weighted by molar-refractivity contribution is 5.99. The number of amides is 1. The topological polar surface area (TPSA) is 70.7 Å². The van der Waals surface area contributed by atoms with E-state index in [1.165, 1.54) is 12.8 Å². The van der Waals surface area contributed by atoms with E-state index in [0.29, 0.717) is 12.5 Å². The Morgan fingerprint density at radius 1 is 1.13 bits per heavy atom. The van der Waals surface area contributed by atoms with E-state index in [4.69, 9.17) is 4.98 Å². The van der Waals surface area contributed by atoms with E-state index in [-0.39, 0.29) is 5.91 Å². The first-order valence-corrected chi connectivity index (χ1v) is 8.06. The standard InChI is InChI=1S/C18H16N4O/c23-18-12-9-16(21-14(12)6-8-20-18)11-5-7-19-15-4-3-13(10-1-2-10)22-17(11)15/h3-5,7,9-10,21H,1-2,6,8H2,(H,20,23). The van der Waals surface area contributed by atoms with Crippen molar-refractivity contribution in [2.75, 3.05) is 6.54 Å². The molecule has 5 nitrogen and oxygen atoms in total. The SMILES string of the molecule is O=C1NCCc2[nH]c(-c3ccnc4ccc(C5CC5)nc34)cc21. The van der Waals surface area contributed by atoms with Crippen LogP contribution in [0.2, 0.25) is 0 Å². The zero-order chi connectivity index (χ0) is 15.4. The van der Waals surface area contributed by atoms with Crippen molar-refractivity contribution in [2.24, 2.45) is 0 Å². The number of nitrogens with one attached hydrogen (secondary N) is 2. The molecule has 3 aromatic rings. The van der Waals surface area contributed by atoms with Crippen molar-refractivity contribution in [1.29, 1.82) is 0 Å². The lowest BCUT2D eigenvalue weighted by Crippen LogP contribution is -2.31. The highest BCUT2D eigenvalue weighted by Crippen LogP contribution is 2.40. The molecule has 1 aliphatic carbocycles. The first-order chi connectivity index (χ1) is 11.3. The Hall–Kier alpha value is -2.69. The van der Waals surface area contributed by atoms with E-state index in [0.717, 1.165) is 45.7 Å². The lowest BCUT2D eigenvalue weighted by molar-refractivity contribution is 0.0946. The predicted octanol–water partition coefficient (Wildman–Crippen LogP) is 2.79. The van der Waals surface area contributed by atoms with Crippen LogP contribution in [0.15, 0.2) is 30.5 Å². The van der Waals surface area contributed by atoms with Gasteiger partial charge in [-0.2, -0.15) is 0 Å². The number of hydrogen-bond acceptors (Lipinski definition) is 3. The van der Waals surface area contributed by atoms with Crippen molar-refractivity contribution in [3.63, 3.8) is 0 Å². The fourth-order valence-electron chi connectivity index (χ4n) is 3.30. The van der Waals surface area contributed by atoms with Gasteiger partial charge in [-0.05, 0) is 37.1 Å². The number of nitrogens with zero attached hydrogens (tertiary/aromatic N) is 2. The summed E-state index contributed by atoms with van der Waals surface area (Å²) in [4.78, 5) is 24.7. The molecule has 0 bridgehead atoms. The minimum atomic E-state index is -0.00117. The van der Waals surface area contributed by atoms with Gasteiger partial charge in [-0.1, -0.05) is 0 Å². The number of fused-ring (bicyclic) bond motifs is 2. The second-order valence-corrected chi connectivity index (χ2v) is 6.32. The molecule has 0 unspecified atom stereocenters. The van der Waals surface area contributed by atoms with Gasteiger partial charge in [-0.15, -0.1) is 0 Å². The molecule has 114 valence electrons. The number of pyridine rings is 2. The molecular weight excluding hydrogens is 288 g/mol. The highest BCUT2D eigenvalue weighted by atomic mass is 16.1. The van der Waals surface area contributed by atoms with Crippen LogP contribution in [0.4, 0.5) is 0 Å². The summed E-state index contributed by atoms with van der Waals surface area (Å²) in [6, 6.07) is 8.05. The maximum Gasteiger partial charge on any atom is 0.253 e. The normalized spacial score (nSPS) is 17.1. The number of H-pyrrole nitrogens is 1. The minimum absolute atomic E-state index is 0.00117. The van der Waals surface area contributed by atoms with Crippen molar-refractivity contribution in [2.45, 2.75) is 25.2 Å². The third-order valence-electron chi connectivity index (χ3n) is 4.70. The zero-order valence-electron chi connectivity index (χ0n) is 12.6. The predicted molar refractivity (Wildman–Crippen MR) is 87.3 cm³/mol. The van der Waals surface area contributed by atoms with Crippen LogP contribution >= 0.6 is 0 Å². The second kappa shape index (κ2) is 4.65. The molecule has 5 heteroatoms. The van der Waals surface area contributed by atoms with Gasteiger partial charge < -0.3 is 10.3 Å². The average Bonchev–Trinajstić information content (AvgIpc) is 3.33. The summed E-state index contributed by atoms with van der Waals surface area (Å²) in [6.45, 7) is 0.687. The molecule has 0 saturated heterocycles. The van der Waals surface area contributed by atoms with Gasteiger partial charge in [0.1, 0.15) is 0 Å². The van der Waals surface area contributed by atoms with Crippen LogP contribution in [-0.2, 0) is 6.42 Å². The lowest BCUT2D eigenvalue weighted by Gasteiger charge is -2.11. The number of aromatic amines is 1. The highest BCUT2D eigenvalue weighted by Gasteiger charge is 2.26. The number of carbonyl (C=O) groups excluding carboxylic acids is 1. The Labute approximate surface area is 133 Å². The van der Waals surface area contributed by atoms with Gasteiger partial charge in [-0.3, -0.25) is 14.8 Å². The van der Waals surface area contributed by atoms with Crippen LogP contribution in [-0.4, -0.2) is 27.4 Å². The Balaban J connectivity index is 1.70. The first-order valence-electron chi connectivity index (χ1n) is 8.06. The molecular formula is C18H16N4O. The number of rotatable bonds is 2. The molecule has 23 heavy (non-hydrogen) atoms. The molecule has 1 amide bonds. The van der Waals surface area contributed by atoms with Crippen LogP contribution in [0.5, 0.6) is 0 Å². The van der Waals surface area contributed by atoms with Crippen LogP contribution in [0.25, 0.3) is 22.3 Å². The molecule has 2 aliphatic rings. The van der Waals surface area contributed by atoms with Gasteiger partial charge in [0.05, 0.1) is 16.6 Å². The van der Waals surface area contributed by atoms with Crippen LogP contribution in [0.3, 0.4) is 0 Å². The molecule has 1 saturated carbocycles.